The first kappa shape index (κ1) is 24.4. The first-order valence-electron chi connectivity index (χ1n) is 12.1. The van der Waals surface area contributed by atoms with Crippen molar-refractivity contribution < 1.29 is 18.4 Å². The maximum atomic E-state index is 14.1. The van der Waals surface area contributed by atoms with Crippen LogP contribution in [0.5, 0.6) is 0 Å². The summed E-state index contributed by atoms with van der Waals surface area (Å²) in [5.41, 5.74) is 3.59. The van der Waals surface area contributed by atoms with Crippen molar-refractivity contribution in [3.8, 4) is 5.69 Å². The van der Waals surface area contributed by atoms with Crippen LogP contribution in [0.15, 0.2) is 72.8 Å². The van der Waals surface area contributed by atoms with Crippen molar-refractivity contribution in [1.29, 1.82) is 0 Å². The van der Waals surface area contributed by atoms with E-state index in [4.69, 9.17) is 5.10 Å². The summed E-state index contributed by atoms with van der Waals surface area (Å²) in [7, 11) is 0. The third-order valence-corrected chi connectivity index (χ3v) is 6.65. The standard InChI is InChI=1S/C29H26F2N4O2/c1-4-34-28-24(18(3)33-35(28)23-8-6-5-7-9-23)25(19-10-12-21(30)13-11-19)26(29(34)37)32-27(36)20-14-17(2)15-22(31)16-20/h5-16,25-26H,4H2,1-3H3,(H,32,36)/t25-,26?/m0/s1. The maximum absolute atomic E-state index is 14.1. The van der Waals surface area contributed by atoms with Gasteiger partial charge >= 0.3 is 0 Å². The largest absolute Gasteiger partial charge is 0.339 e. The molecule has 0 fully saturated rings. The number of fused-ring (bicyclic) bond motifs is 1. The van der Waals surface area contributed by atoms with E-state index in [0.717, 1.165) is 17.3 Å². The Bertz CT molecular complexity index is 1460. The summed E-state index contributed by atoms with van der Waals surface area (Å²) in [4.78, 5) is 28.9. The summed E-state index contributed by atoms with van der Waals surface area (Å²) < 4.78 is 29.6. The second-order valence-electron chi connectivity index (χ2n) is 9.15. The van der Waals surface area contributed by atoms with Crippen molar-refractivity contribution in [3.63, 3.8) is 0 Å². The van der Waals surface area contributed by atoms with Crippen LogP contribution >= 0.6 is 0 Å². The number of para-hydroxylation sites is 1. The molecule has 8 heteroatoms. The third kappa shape index (κ3) is 4.39. The van der Waals surface area contributed by atoms with E-state index in [0.29, 0.717) is 29.2 Å². The number of nitrogens with one attached hydrogen (secondary N) is 1. The zero-order chi connectivity index (χ0) is 26.3. The van der Waals surface area contributed by atoms with E-state index in [2.05, 4.69) is 5.32 Å². The smallest absolute Gasteiger partial charge is 0.252 e. The molecule has 3 aromatic carbocycles. The Balaban J connectivity index is 1.68. The summed E-state index contributed by atoms with van der Waals surface area (Å²) in [5, 5.41) is 7.63. The van der Waals surface area contributed by atoms with Crippen LogP contribution < -0.4 is 10.2 Å². The normalized spacial score (nSPS) is 17.0. The summed E-state index contributed by atoms with van der Waals surface area (Å²) in [6.07, 6.45) is 0. The molecule has 2 heterocycles. The van der Waals surface area contributed by atoms with Crippen LogP contribution in [0, 0.1) is 25.5 Å². The minimum Gasteiger partial charge on any atom is -0.339 e. The zero-order valence-electron chi connectivity index (χ0n) is 20.7. The molecule has 1 aliphatic rings. The van der Waals surface area contributed by atoms with Gasteiger partial charge in [0.15, 0.2) is 0 Å². The topological polar surface area (TPSA) is 67.2 Å². The Morgan fingerprint density at radius 1 is 0.973 bits per heavy atom. The Morgan fingerprint density at radius 3 is 2.32 bits per heavy atom. The molecule has 4 aromatic rings. The van der Waals surface area contributed by atoms with Gasteiger partial charge in [-0.1, -0.05) is 30.3 Å². The minimum atomic E-state index is -1.01. The van der Waals surface area contributed by atoms with E-state index in [1.54, 1.807) is 34.7 Å². The van der Waals surface area contributed by atoms with E-state index in [9.17, 15) is 18.4 Å². The lowest BCUT2D eigenvalue weighted by atomic mass is 9.81. The van der Waals surface area contributed by atoms with Gasteiger partial charge in [-0.3, -0.25) is 14.5 Å². The quantitative estimate of drug-likeness (QED) is 0.416. The molecule has 1 aromatic heterocycles. The van der Waals surface area contributed by atoms with Crippen molar-refractivity contribution in [2.45, 2.75) is 32.7 Å². The van der Waals surface area contributed by atoms with Crippen LogP contribution in [-0.2, 0) is 4.79 Å². The summed E-state index contributed by atoms with van der Waals surface area (Å²) in [6, 6.07) is 18.4. The number of rotatable bonds is 5. The monoisotopic (exact) mass is 500 g/mol. The van der Waals surface area contributed by atoms with Gasteiger partial charge in [-0.15, -0.1) is 0 Å². The molecule has 0 saturated heterocycles. The summed E-state index contributed by atoms with van der Waals surface area (Å²) in [6.45, 7) is 5.74. The number of carbonyl (C=O) groups excluding carboxylic acids is 2. The number of nitrogens with zero attached hydrogens (tertiary/aromatic N) is 3. The molecule has 1 aliphatic heterocycles. The lowest BCUT2D eigenvalue weighted by Gasteiger charge is -2.38. The summed E-state index contributed by atoms with van der Waals surface area (Å²) >= 11 is 0. The van der Waals surface area contributed by atoms with Crippen LogP contribution in [0.3, 0.4) is 0 Å². The number of aryl methyl sites for hydroxylation is 2. The molecule has 0 spiro atoms. The number of aromatic nitrogens is 2. The van der Waals surface area contributed by atoms with E-state index in [-0.39, 0.29) is 11.5 Å². The van der Waals surface area contributed by atoms with Crippen LogP contribution in [0.2, 0.25) is 0 Å². The molecule has 37 heavy (non-hydrogen) atoms. The number of benzene rings is 3. The molecule has 5 rings (SSSR count). The van der Waals surface area contributed by atoms with Gasteiger partial charge in [-0.05, 0) is 74.4 Å². The van der Waals surface area contributed by atoms with Crippen molar-refractivity contribution >= 4 is 17.6 Å². The van der Waals surface area contributed by atoms with Gasteiger partial charge in [-0.2, -0.15) is 5.10 Å². The van der Waals surface area contributed by atoms with Crippen molar-refractivity contribution in [3.05, 3.63) is 112 Å². The van der Waals surface area contributed by atoms with E-state index < -0.39 is 29.5 Å². The molecular weight excluding hydrogens is 474 g/mol. The highest BCUT2D eigenvalue weighted by molar-refractivity contribution is 6.05. The Labute approximate surface area is 213 Å². The highest BCUT2D eigenvalue weighted by atomic mass is 19.1. The fourth-order valence-electron chi connectivity index (χ4n) is 5.05. The second kappa shape index (κ2) is 9.61. The number of hydrogen-bond acceptors (Lipinski definition) is 3. The first-order valence-corrected chi connectivity index (χ1v) is 12.1. The SMILES string of the molecule is CCN1C(=O)C(NC(=O)c2cc(C)cc(F)c2)[C@@H](c2ccc(F)cc2)c2c(C)nn(-c3ccccc3)c21. The number of halogens is 2. The number of likely N-dealkylation sites (N-methyl/N-ethyl adjacent to an activating group) is 1. The third-order valence-electron chi connectivity index (χ3n) is 6.65. The van der Waals surface area contributed by atoms with Crippen LogP contribution in [-0.4, -0.2) is 34.2 Å². The Hall–Kier alpha value is -4.33. The van der Waals surface area contributed by atoms with Gasteiger partial charge < -0.3 is 5.32 Å². The molecular formula is C29H26F2N4O2. The first-order chi connectivity index (χ1) is 17.8. The van der Waals surface area contributed by atoms with Gasteiger partial charge in [0.2, 0.25) is 0 Å². The van der Waals surface area contributed by atoms with Crippen LogP contribution in [0.1, 0.15) is 45.6 Å². The minimum absolute atomic E-state index is 0.119. The highest BCUT2D eigenvalue weighted by Gasteiger charge is 2.45. The van der Waals surface area contributed by atoms with Crippen LogP contribution in [0.4, 0.5) is 14.6 Å². The molecule has 0 radical (unpaired) electrons. The molecule has 0 aliphatic carbocycles. The molecule has 0 bridgehead atoms. The zero-order valence-corrected chi connectivity index (χ0v) is 20.7. The number of hydrogen-bond donors (Lipinski definition) is 1. The number of amides is 2. The van der Waals surface area contributed by atoms with Gasteiger partial charge in [0.05, 0.1) is 11.4 Å². The number of carbonyl (C=O) groups is 2. The molecule has 2 amide bonds. The van der Waals surface area contributed by atoms with Crippen molar-refractivity contribution in [2.75, 3.05) is 11.4 Å². The van der Waals surface area contributed by atoms with E-state index in [1.165, 1.54) is 18.2 Å². The van der Waals surface area contributed by atoms with Crippen LogP contribution in [0.25, 0.3) is 5.69 Å². The second-order valence-corrected chi connectivity index (χ2v) is 9.15. The van der Waals surface area contributed by atoms with Gasteiger partial charge in [0, 0.05) is 23.6 Å². The predicted octanol–water partition coefficient (Wildman–Crippen LogP) is 5.06. The predicted molar refractivity (Wildman–Crippen MR) is 137 cm³/mol. The van der Waals surface area contributed by atoms with Crippen molar-refractivity contribution in [2.24, 2.45) is 0 Å². The molecule has 1 unspecified atom stereocenters. The van der Waals surface area contributed by atoms with Gasteiger partial charge in [0.1, 0.15) is 23.5 Å². The lowest BCUT2D eigenvalue weighted by molar-refractivity contribution is -0.121. The molecule has 0 saturated carbocycles. The average Bonchev–Trinajstić information content (AvgIpc) is 3.21. The molecule has 188 valence electrons. The van der Waals surface area contributed by atoms with E-state index in [1.807, 2.05) is 44.2 Å². The summed E-state index contributed by atoms with van der Waals surface area (Å²) in [5.74, 6) is -1.87. The van der Waals surface area contributed by atoms with Gasteiger partial charge in [-0.25, -0.2) is 13.5 Å². The van der Waals surface area contributed by atoms with E-state index >= 15 is 0 Å². The Morgan fingerprint density at radius 2 is 1.68 bits per heavy atom. The van der Waals surface area contributed by atoms with Crippen molar-refractivity contribution in [1.82, 2.24) is 15.1 Å². The highest BCUT2D eigenvalue weighted by Crippen LogP contribution is 2.43. The molecule has 6 nitrogen and oxygen atoms in total. The lowest BCUT2D eigenvalue weighted by Crippen LogP contribution is -2.55. The molecule has 1 N–H and O–H groups in total. The fraction of sp³-hybridized carbons (Fsp3) is 0.207. The average molecular weight is 501 g/mol. The van der Waals surface area contributed by atoms with Gasteiger partial charge in [0.25, 0.3) is 11.8 Å². The number of anilines is 1. The Kier molecular flexibility index (Phi) is 6.33. The molecule has 2 atom stereocenters. The fourth-order valence-corrected chi connectivity index (χ4v) is 5.05. The maximum Gasteiger partial charge on any atom is 0.252 e.